The summed E-state index contributed by atoms with van der Waals surface area (Å²) < 4.78 is 10.7. The Morgan fingerprint density at radius 2 is 2.03 bits per heavy atom. The monoisotopic (exact) mass is 451 g/mol. The fourth-order valence-corrected chi connectivity index (χ4v) is 3.86. The maximum atomic E-state index is 12.7. The van der Waals surface area contributed by atoms with Gasteiger partial charge in [-0.1, -0.05) is 11.6 Å². The standard InChI is InChI=1S/C20H22ClN3O5S/c1-28-10-8-15(23-20(27)16-6-7-17(21)30-16)19(26)22-13-2-4-14(5-3-13)24-9-11-29-12-18(24)25/h2-7,15H,8-12H2,1H3,(H,22,26)(H,23,27)/t15-/m1/s1. The summed E-state index contributed by atoms with van der Waals surface area (Å²) >= 11 is 7.02. The van der Waals surface area contributed by atoms with E-state index in [2.05, 4.69) is 10.6 Å². The molecule has 160 valence electrons. The topological polar surface area (TPSA) is 97.0 Å². The van der Waals surface area contributed by atoms with E-state index in [0.29, 0.717) is 41.1 Å². The molecule has 3 rings (SSSR count). The number of thiophene rings is 1. The van der Waals surface area contributed by atoms with Crippen LogP contribution in [-0.4, -0.2) is 57.2 Å². The van der Waals surface area contributed by atoms with Gasteiger partial charge in [-0.3, -0.25) is 14.4 Å². The van der Waals surface area contributed by atoms with Crippen molar-refractivity contribution in [3.63, 3.8) is 0 Å². The number of halogens is 1. The minimum atomic E-state index is -0.779. The minimum absolute atomic E-state index is 0.0643. The Morgan fingerprint density at radius 1 is 1.27 bits per heavy atom. The molecule has 1 aliphatic rings. The van der Waals surface area contributed by atoms with Crippen molar-refractivity contribution in [1.29, 1.82) is 0 Å². The first kappa shape index (κ1) is 22.2. The van der Waals surface area contributed by atoms with E-state index in [-0.39, 0.29) is 24.3 Å². The number of ether oxygens (including phenoxy) is 2. The van der Waals surface area contributed by atoms with Crippen LogP contribution in [0, 0.1) is 0 Å². The number of hydrogen-bond donors (Lipinski definition) is 2. The number of nitrogens with zero attached hydrogens (tertiary/aromatic N) is 1. The van der Waals surface area contributed by atoms with Crippen molar-refractivity contribution in [3.05, 3.63) is 45.6 Å². The highest BCUT2D eigenvalue weighted by Crippen LogP contribution is 2.22. The second-order valence-electron chi connectivity index (χ2n) is 6.55. The average Bonchev–Trinajstić information content (AvgIpc) is 3.18. The number of morpholine rings is 1. The smallest absolute Gasteiger partial charge is 0.262 e. The quantitative estimate of drug-likeness (QED) is 0.642. The summed E-state index contributed by atoms with van der Waals surface area (Å²) in [7, 11) is 1.53. The average molecular weight is 452 g/mol. The van der Waals surface area contributed by atoms with E-state index in [4.69, 9.17) is 21.1 Å². The van der Waals surface area contributed by atoms with Crippen molar-refractivity contribution in [3.8, 4) is 0 Å². The molecule has 2 heterocycles. The highest BCUT2D eigenvalue weighted by Gasteiger charge is 2.23. The van der Waals surface area contributed by atoms with Gasteiger partial charge in [-0.25, -0.2) is 0 Å². The van der Waals surface area contributed by atoms with Crippen LogP contribution in [0.4, 0.5) is 11.4 Å². The lowest BCUT2D eigenvalue weighted by Crippen LogP contribution is -2.44. The fourth-order valence-electron chi connectivity index (χ4n) is 2.92. The second kappa shape index (κ2) is 10.5. The number of anilines is 2. The number of rotatable bonds is 8. The highest BCUT2D eigenvalue weighted by atomic mass is 35.5. The number of nitrogens with one attached hydrogen (secondary N) is 2. The summed E-state index contributed by atoms with van der Waals surface area (Å²) in [5.74, 6) is -0.836. The Hall–Kier alpha value is -2.46. The van der Waals surface area contributed by atoms with Gasteiger partial charge in [0.1, 0.15) is 12.6 Å². The Balaban J connectivity index is 1.64. The molecule has 1 aliphatic heterocycles. The Bertz CT molecular complexity index is 902. The minimum Gasteiger partial charge on any atom is -0.385 e. The Labute approximate surface area is 183 Å². The molecule has 0 radical (unpaired) electrons. The molecule has 1 saturated heterocycles. The molecule has 0 bridgehead atoms. The summed E-state index contributed by atoms with van der Waals surface area (Å²) in [6.45, 7) is 1.35. The molecule has 2 N–H and O–H groups in total. The number of methoxy groups -OCH3 is 1. The zero-order valence-electron chi connectivity index (χ0n) is 16.4. The van der Waals surface area contributed by atoms with E-state index in [1.807, 2.05) is 0 Å². The van der Waals surface area contributed by atoms with E-state index in [0.717, 1.165) is 17.0 Å². The van der Waals surface area contributed by atoms with Crippen molar-refractivity contribution in [2.45, 2.75) is 12.5 Å². The predicted octanol–water partition coefficient (Wildman–Crippen LogP) is 2.54. The van der Waals surface area contributed by atoms with E-state index in [9.17, 15) is 14.4 Å². The van der Waals surface area contributed by atoms with Gasteiger partial charge in [0.05, 0.1) is 15.8 Å². The molecule has 10 heteroatoms. The normalized spacial score (nSPS) is 15.0. The van der Waals surface area contributed by atoms with Gasteiger partial charge in [-0.15, -0.1) is 11.3 Å². The summed E-state index contributed by atoms with van der Waals surface area (Å²) in [5.41, 5.74) is 1.29. The molecule has 0 saturated carbocycles. The summed E-state index contributed by atoms with van der Waals surface area (Å²) in [6.07, 6.45) is 0.313. The third-order valence-electron chi connectivity index (χ3n) is 4.46. The van der Waals surface area contributed by atoms with Crippen LogP contribution < -0.4 is 15.5 Å². The lowest BCUT2D eigenvalue weighted by Gasteiger charge is -2.27. The van der Waals surface area contributed by atoms with Crippen LogP contribution in [0.25, 0.3) is 0 Å². The molecule has 1 aromatic heterocycles. The number of carbonyl (C=O) groups excluding carboxylic acids is 3. The Morgan fingerprint density at radius 3 is 2.67 bits per heavy atom. The van der Waals surface area contributed by atoms with Gasteiger partial charge in [0, 0.05) is 31.6 Å². The zero-order chi connectivity index (χ0) is 21.5. The molecule has 8 nitrogen and oxygen atoms in total. The van der Waals surface area contributed by atoms with E-state index in [1.165, 1.54) is 7.11 Å². The third-order valence-corrected chi connectivity index (χ3v) is 5.69. The second-order valence-corrected chi connectivity index (χ2v) is 8.26. The summed E-state index contributed by atoms with van der Waals surface area (Å²) in [6, 6.07) is 9.41. The van der Waals surface area contributed by atoms with Crippen molar-refractivity contribution in [2.75, 3.05) is 43.7 Å². The van der Waals surface area contributed by atoms with Crippen molar-refractivity contribution < 1.29 is 23.9 Å². The zero-order valence-corrected chi connectivity index (χ0v) is 17.9. The van der Waals surface area contributed by atoms with Crippen molar-refractivity contribution in [2.24, 2.45) is 0 Å². The maximum Gasteiger partial charge on any atom is 0.262 e. The number of benzene rings is 1. The molecule has 1 fully saturated rings. The fraction of sp³-hybridized carbons (Fsp3) is 0.350. The number of carbonyl (C=O) groups is 3. The largest absolute Gasteiger partial charge is 0.385 e. The summed E-state index contributed by atoms with van der Waals surface area (Å²) in [5, 5.41) is 5.52. The van der Waals surface area contributed by atoms with Gasteiger partial charge in [0.25, 0.3) is 11.8 Å². The lowest BCUT2D eigenvalue weighted by atomic mass is 10.1. The van der Waals surface area contributed by atoms with Gasteiger partial charge in [0.2, 0.25) is 5.91 Å². The van der Waals surface area contributed by atoms with Gasteiger partial charge in [-0.05, 0) is 42.8 Å². The third kappa shape index (κ3) is 5.79. The van der Waals surface area contributed by atoms with Crippen LogP contribution >= 0.6 is 22.9 Å². The van der Waals surface area contributed by atoms with Crippen molar-refractivity contribution in [1.82, 2.24) is 5.32 Å². The first-order valence-electron chi connectivity index (χ1n) is 9.32. The first-order valence-corrected chi connectivity index (χ1v) is 10.5. The van der Waals surface area contributed by atoms with Gasteiger partial charge in [-0.2, -0.15) is 0 Å². The molecular formula is C20H22ClN3O5S. The van der Waals surface area contributed by atoms with Crippen LogP contribution in [0.2, 0.25) is 4.34 Å². The molecule has 2 aromatic rings. The molecule has 0 unspecified atom stereocenters. The Kier molecular flexibility index (Phi) is 7.81. The van der Waals surface area contributed by atoms with Gasteiger partial charge in [0.15, 0.2) is 0 Å². The van der Waals surface area contributed by atoms with E-state index >= 15 is 0 Å². The van der Waals surface area contributed by atoms with Crippen LogP contribution in [0.3, 0.4) is 0 Å². The van der Waals surface area contributed by atoms with E-state index < -0.39 is 6.04 Å². The predicted molar refractivity (Wildman–Crippen MR) is 115 cm³/mol. The molecular weight excluding hydrogens is 430 g/mol. The SMILES string of the molecule is COCC[C@@H](NC(=O)c1ccc(Cl)s1)C(=O)Nc1ccc(N2CCOCC2=O)cc1. The highest BCUT2D eigenvalue weighted by molar-refractivity contribution is 7.18. The molecule has 0 aliphatic carbocycles. The lowest BCUT2D eigenvalue weighted by molar-refractivity contribution is -0.125. The number of hydrogen-bond acceptors (Lipinski definition) is 6. The maximum absolute atomic E-state index is 12.7. The molecule has 0 spiro atoms. The molecule has 1 atom stereocenters. The van der Waals surface area contributed by atoms with Crippen LogP contribution in [0.15, 0.2) is 36.4 Å². The van der Waals surface area contributed by atoms with Crippen LogP contribution in [0.1, 0.15) is 16.1 Å². The van der Waals surface area contributed by atoms with Gasteiger partial charge < -0.3 is 25.0 Å². The number of amides is 3. The van der Waals surface area contributed by atoms with E-state index in [1.54, 1.807) is 41.3 Å². The van der Waals surface area contributed by atoms with Crippen LogP contribution in [-0.2, 0) is 19.1 Å². The van der Waals surface area contributed by atoms with Crippen LogP contribution in [0.5, 0.6) is 0 Å². The first-order chi connectivity index (χ1) is 14.5. The molecule has 3 amide bonds. The van der Waals surface area contributed by atoms with Crippen molar-refractivity contribution >= 4 is 52.0 Å². The molecule has 1 aromatic carbocycles. The molecule has 30 heavy (non-hydrogen) atoms. The summed E-state index contributed by atoms with van der Waals surface area (Å²) in [4.78, 5) is 39.2. The van der Waals surface area contributed by atoms with Gasteiger partial charge >= 0.3 is 0 Å².